The Hall–Kier alpha value is -4.16. The molecule has 0 aliphatic carbocycles. The molecule has 10 nitrogen and oxygen atoms in total. The van der Waals surface area contributed by atoms with Crippen molar-refractivity contribution in [2.24, 2.45) is 0 Å². The Kier molecular flexibility index (Phi) is 10.5. The number of benzene rings is 2. The van der Waals surface area contributed by atoms with Crippen LogP contribution in [0.2, 0.25) is 0 Å². The van der Waals surface area contributed by atoms with Gasteiger partial charge >= 0.3 is 11.9 Å². The van der Waals surface area contributed by atoms with E-state index in [2.05, 4.69) is 21.3 Å². The molecule has 2 heterocycles. The Morgan fingerprint density at radius 1 is 0.750 bits per heavy atom. The second kappa shape index (κ2) is 13.8. The summed E-state index contributed by atoms with van der Waals surface area (Å²) in [5.74, 6) is -0.536. The monoisotopic (exact) mass is 584 g/mol. The Morgan fingerprint density at radius 2 is 1.12 bits per heavy atom. The molecule has 0 amide bonds. The van der Waals surface area contributed by atoms with Gasteiger partial charge in [-0.2, -0.15) is 0 Å². The molecule has 0 aromatic heterocycles. The number of nitrogens with one attached hydrogen (secondary N) is 4. The first-order chi connectivity index (χ1) is 19.0. The van der Waals surface area contributed by atoms with Crippen molar-refractivity contribution in [3.63, 3.8) is 0 Å². The first kappa shape index (κ1) is 30.4. The maximum absolute atomic E-state index is 12.1. The third-order valence-electron chi connectivity index (χ3n) is 5.94. The Balaban J connectivity index is 0.000000220. The SMILES string of the molecule is CCOC(=O)C1=C(C)NC(=S)N[C@H]1c1cccc(O)c1.CCOC(=O)C1=C(C)NC(=S)N[C@H]1c1cccc(O)c1. The molecule has 2 atom stereocenters. The molecule has 0 unspecified atom stereocenters. The van der Waals surface area contributed by atoms with Gasteiger partial charge in [0.2, 0.25) is 0 Å². The van der Waals surface area contributed by atoms with E-state index in [4.69, 9.17) is 33.9 Å². The first-order valence-corrected chi connectivity index (χ1v) is 13.4. The van der Waals surface area contributed by atoms with E-state index in [0.29, 0.717) is 46.0 Å². The van der Waals surface area contributed by atoms with Crippen molar-refractivity contribution in [2.45, 2.75) is 39.8 Å². The van der Waals surface area contributed by atoms with Crippen LogP contribution in [-0.2, 0) is 19.1 Å². The van der Waals surface area contributed by atoms with Crippen LogP contribution in [0.1, 0.15) is 50.9 Å². The summed E-state index contributed by atoms with van der Waals surface area (Å²) in [5, 5.41) is 32.0. The Labute approximate surface area is 243 Å². The van der Waals surface area contributed by atoms with Gasteiger partial charge in [-0.05, 0) is 87.5 Å². The van der Waals surface area contributed by atoms with Crippen molar-refractivity contribution in [1.82, 2.24) is 21.3 Å². The number of carbonyl (C=O) groups excluding carboxylic acids is 2. The van der Waals surface area contributed by atoms with Gasteiger partial charge in [0.25, 0.3) is 0 Å². The van der Waals surface area contributed by atoms with Gasteiger partial charge in [0, 0.05) is 11.4 Å². The third-order valence-corrected chi connectivity index (χ3v) is 6.38. The van der Waals surface area contributed by atoms with Crippen LogP contribution < -0.4 is 21.3 Å². The maximum atomic E-state index is 12.1. The van der Waals surface area contributed by atoms with Crippen LogP contribution in [-0.4, -0.2) is 45.6 Å². The zero-order valence-electron chi connectivity index (χ0n) is 22.5. The predicted octanol–water partition coefficient (Wildman–Crippen LogP) is 3.50. The quantitative estimate of drug-likeness (QED) is 0.219. The van der Waals surface area contributed by atoms with Gasteiger partial charge in [0.1, 0.15) is 11.5 Å². The average molecular weight is 585 g/mol. The summed E-state index contributed by atoms with van der Waals surface area (Å²) in [6.07, 6.45) is 0. The fraction of sp³-hybridized carbons (Fsp3) is 0.286. The molecule has 0 saturated heterocycles. The molecule has 2 aliphatic heterocycles. The van der Waals surface area contributed by atoms with Crippen LogP contribution in [0.4, 0.5) is 0 Å². The summed E-state index contributed by atoms with van der Waals surface area (Å²) >= 11 is 10.3. The predicted molar refractivity (Wildman–Crippen MR) is 158 cm³/mol. The lowest BCUT2D eigenvalue weighted by molar-refractivity contribution is -0.140. The van der Waals surface area contributed by atoms with E-state index in [0.717, 1.165) is 11.1 Å². The van der Waals surface area contributed by atoms with E-state index in [1.165, 1.54) is 0 Å². The number of esters is 2. The average Bonchev–Trinajstić information content (AvgIpc) is 2.88. The van der Waals surface area contributed by atoms with Crippen molar-refractivity contribution in [2.75, 3.05) is 13.2 Å². The zero-order valence-corrected chi connectivity index (χ0v) is 24.2. The number of carbonyl (C=O) groups is 2. The molecule has 2 aromatic rings. The summed E-state index contributed by atoms with van der Waals surface area (Å²) in [4.78, 5) is 24.2. The number of phenolic OH excluding ortho intramolecular Hbond substituents is 2. The van der Waals surface area contributed by atoms with Crippen molar-refractivity contribution >= 4 is 46.6 Å². The van der Waals surface area contributed by atoms with Crippen molar-refractivity contribution < 1.29 is 29.3 Å². The van der Waals surface area contributed by atoms with Crippen LogP contribution in [0.3, 0.4) is 0 Å². The summed E-state index contributed by atoms with van der Waals surface area (Å²) in [5.41, 5.74) is 3.73. The molecule has 0 fully saturated rings. The second-order valence-electron chi connectivity index (χ2n) is 8.77. The third kappa shape index (κ3) is 7.48. The molecule has 4 rings (SSSR count). The molecular weight excluding hydrogens is 552 g/mol. The molecule has 6 N–H and O–H groups in total. The number of ether oxygens (including phenoxy) is 2. The topological polar surface area (TPSA) is 141 Å². The minimum atomic E-state index is -0.435. The van der Waals surface area contributed by atoms with E-state index in [1.807, 2.05) is 12.1 Å². The Morgan fingerprint density at radius 3 is 1.45 bits per heavy atom. The maximum Gasteiger partial charge on any atom is 0.338 e. The number of hydrogen-bond donors (Lipinski definition) is 6. The number of thiocarbonyl (C=S) groups is 2. The van der Waals surface area contributed by atoms with Gasteiger partial charge in [0.15, 0.2) is 10.2 Å². The van der Waals surface area contributed by atoms with Gasteiger partial charge in [-0.15, -0.1) is 0 Å². The fourth-order valence-electron chi connectivity index (χ4n) is 4.26. The number of allylic oxidation sites excluding steroid dienone is 2. The highest BCUT2D eigenvalue weighted by atomic mass is 32.1. The van der Waals surface area contributed by atoms with Crippen LogP contribution >= 0.6 is 24.4 Å². The minimum absolute atomic E-state index is 0.134. The molecule has 0 bridgehead atoms. The van der Waals surface area contributed by atoms with Crippen molar-refractivity contribution in [1.29, 1.82) is 0 Å². The number of aromatic hydroxyl groups is 2. The molecule has 212 valence electrons. The minimum Gasteiger partial charge on any atom is -0.508 e. The first-order valence-electron chi connectivity index (χ1n) is 12.5. The molecule has 0 spiro atoms. The zero-order chi connectivity index (χ0) is 29.4. The molecule has 0 radical (unpaired) electrons. The Bertz CT molecular complexity index is 1270. The van der Waals surface area contributed by atoms with Crippen molar-refractivity contribution in [3.05, 3.63) is 82.2 Å². The molecule has 2 aliphatic rings. The van der Waals surface area contributed by atoms with Gasteiger partial charge in [-0.3, -0.25) is 0 Å². The van der Waals surface area contributed by atoms with E-state index in [9.17, 15) is 19.8 Å². The van der Waals surface area contributed by atoms with Gasteiger partial charge in [-0.1, -0.05) is 24.3 Å². The van der Waals surface area contributed by atoms with Crippen LogP contribution in [0.15, 0.2) is 71.1 Å². The van der Waals surface area contributed by atoms with Gasteiger partial charge in [0.05, 0.1) is 36.4 Å². The highest BCUT2D eigenvalue weighted by molar-refractivity contribution is 7.80. The summed E-state index contributed by atoms with van der Waals surface area (Å²) in [6, 6.07) is 12.5. The van der Waals surface area contributed by atoms with E-state index < -0.39 is 24.0 Å². The summed E-state index contributed by atoms with van der Waals surface area (Å²) in [7, 11) is 0. The van der Waals surface area contributed by atoms with E-state index in [1.54, 1.807) is 64.1 Å². The lowest BCUT2D eigenvalue weighted by atomic mass is 9.95. The highest BCUT2D eigenvalue weighted by Crippen LogP contribution is 2.30. The largest absolute Gasteiger partial charge is 0.508 e. The normalized spacial score (nSPS) is 18.3. The van der Waals surface area contributed by atoms with Gasteiger partial charge in [-0.25, -0.2) is 9.59 Å². The standard InChI is InChI=1S/2C14H16N2O3S/c2*1-3-19-13(18)11-8(2)15-14(20)16-12(11)9-5-4-6-10(17)7-9/h2*4-7,12,17H,3H2,1-2H3,(H2,15,16,20)/t2*12-/m00/s1. The van der Waals surface area contributed by atoms with E-state index >= 15 is 0 Å². The molecule has 12 heteroatoms. The number of rotatable bonds is 6. The molecule has 40 heavy (non-hydrogen) atoms. The van der Waals surface area contributed by atoms with Gasteiger partial charge < -0.3 is 41.0 Å². The van der Waals surface area contributed by atoms with Crippen LogP contribution in [0.5, 0.6) is 11.5 Å². The van der Waals surface area contributed by atoms with Crippen molar-refractivity contribution in [3.8, 4) is 11.5 Å². The lowest BCUT2D eigenvalue weighted by Crippen LogP contribution is -2.45. The molecule has 2 aromatic carbocycles. The summed E-state index contributed by atoms with van der Waals surface area (Å²) < 4.78 is 10.2. The molecular formula is C28H32N4O6S2. The smallest absolute Gasteiger partial charge is 0.338 e. The fourth-order valence-corrected chi connectivity index (χ4v) is 4.80. The molecule has 0 saturated carbocycles. The summed E-state index contributed by atoms with van der Waals surface area (Å²) in [6.45, 7) is 7.65. The second-order valence-corrected chi connectivity index (χ2v) is 9.59. The highest BCUT2D eigenvalue weighted by Gasteiger charge is 2.32. The van der Waals surface area contributed by atoms with E-state index in [-0.39, 0.29) is 11.5 Å². The van der Waals surface area contributed by atoms with Crippen LogP contribution in [0, 0.1) is 0 Å². The lowest BCUT2D eigenvalue weighted by Gasteiger charge is -2.29. The van der Waals surface area contributed by atoms with Crippen LogP contribution in [0.25, 0.3) is 0 Å². The number of hydrogen-bond acceptors (Lipinski definition) is 8. The number of phenols is 2.